The van der Waals surface area contributed by atoms with Crippen LogP contribution in [0.4, 0.5) is 19.0 Å². The molecule has 4 rings (SSSR count). The van der Waals surface area contributed by atoms with Crippen LogP contribution in [0.15, 0.2) is 48.5 Å². The maximum Gasteiger partial charge on any atom is 0.416 e. The first-order chi connectivity index (χ1) is 13.5. The average Bonchev–Trinajstić information content (AvgIpc) is 2.88. The lowest BCUT2D eigenvalue weighted by molar-refractivity contribution is -0.137. The predicted octanol–water partition coefficient (Wildman–Crippen LogP) is 5.31. The van der Waals surface area contributed by atoms with E-state index in [2.05, 4.69) is 5.32 Å². The number of rotatable bonds is 3. The summed E-state index contributed by atoms with van der Waals surface area (Å²) < 4.78 is 45.7. The van der Waals surface area contributed by atoms with Gasteiger partial charge >= 0.3 is 6.18 Å². The van der Waals surface area contributed by atoms with Crippen LogP contribution in [-0.2, 0) is 12.6 Å². The number of halogens is 3. The van der Waals surface area contributed by atoms with Gasteiger partial charge in [-0.3, -0.25) is 0 Å². The number of hydrogen-bond acceptors (Lipinski definition) is 3. The van der Waals surface area contributed by atoms with Gasteiger partial charge in [0.2, 0.25) is 0 Å². The zero-order valence-electron chi connectivity index (χ0n) is 15.4. The Morgan fingerprint density at radius 1 is 1.00 bits per heavy atom. The summed E-state index contributed by atoms with van der Waals surface area (Å²) in [6.45, 7) is 0.835. The molecule has 1 N–H and O–H groups in total. The van der Waals surface area contributed by atoms with E-state index in [1.807, 2.05) is 28.9 Å². The summed E-state index contributed by atoms with van der Waals surface area (Å²) in [4.78, 5) is 0. The second kappa shape index (κ2) is 7.22. The topological polar surface area (TPSA) is 39.1 Å². The molecular weight excluding hydrogens is 367 g/mol. The maximum absolute atomic E-state index is 12.9. The Balaban J connectivity index is 1.80. The number of alkyl halides is 3. The van der Waals surface area contributed by atoms with Gasteiger partial charge in [0.05, 0.1) is 24.1 Å². The van der Waals surface area contributed by atoms with E-state index in [-0.39, 0.29) is 0 Å². The molecule has 3 aromatic rings. The van der Waals surface area contributed by atoms with Crippen LogP contribution in [0.1, 0.15) is 24.0 Å². The van der Waals surface area contributed by atoms with Gasteiger partial charge in [0.25, 0.3) is 0 Å². The zero-order valence-corrected chi connectivity index (χ0v) is 15.4. The van der Waals surface area contributed by atoms with Gasteiger partial charge in [0.15, 0.2) is 0 Å². The SMILES string of the molecule is COc1ccc(-n2nc(-c3ccc(C(F)(F)F)cc3)c3c2NCCCC3)cc1. The molecule has 4 nitrogen and oxygen atoms in total. The minimum absolute atomic E-state index is 0.657. The summed E-state index contributed by atoms with van der Waals surface area (Å²) in [6, 6.07) is 12.8. The van der Waals surface area contributed by atoms with Crippen LogP contribution in [-0.4, -0.2) is 23.4 Å². The van der Waals surface area contributed by atoms with Crippen LogP contribution in [0.2, 0.25) is 0 Å². The molecule has 0 aliphatic carbocycles. The van der Waals surface area contributed by atoms with Crippen molar-refractivity contribution in [3.63, 3.8) is 0 Å². The molecule has 0 radical (unpaired) electrons. The molecule has 0 fully saturated rings. The van der Waals surface area contributed by atoms with E-state index >= 15 is 0 Å². The first kappa shape index (κ1) is 18.4. The third-order valence-corrected chi connectivity index (χ3v) is 4.93. The number of anilines is 1. The Labute approximate surface area is 160 Å². The zero-order chi connectivity index (χ0) is 19.7. The number of hydrogen-bond donors (Lipinski definition) is 1. The predicted molar refractivity (Wildman–Crippen MR) is 102 cm³/mol. The molecule has 0 atom stereocenters. The summed E-state index contributed by atoms with van der Waals surface area (Å²) in [5.74, 6) is 1.65. The molecule has 1 aliphatic rings. The highest BCUT2D eigenvalue weighted by molar-refractivity contribution is 5.71. The molecule has 0 saturated carbocycles. The van der Waals surface area contributed by atoms with Gasteiger partial charge in [-0.2, -0.15) is 18.3 Å². The average molecular weight is 387 g/mol. The summed E-state index contributed by atoms with van der Waals surface area (Å²) in [7, 11) is 1.61. The number of fused-ring (bicyclic) bond motifs is 1. The van der Waals surface area contributed by atoms with Crippen molar-refractivity contribution in [2.45, 2.75) is 25.4 Å². The van der Waals surface area contributed by atoms with Crippen LogP contribution in [0, 0.1) is 0 Å². The highest BCUT2D eigenvalue weighted by atomic mass is 19.4. The monoisotopic (exact) mass is 387 g/mol. The standard InChI is InChI=1S/C21H20F3N3O/c1-28-17-11-9-16(10-12-17)27-20-18(4-2-3-13-25-20)19(26-27)14-5-7-15(8-6-14)21(22,23)24/h5-12,25H,2-4,13H2,1H3. The molecule has 2 aromatic carbocycles. The van der Waals surface area contributed by atoms with Crippen molar-refractivity contribution >= 4 is 5.82 Å². The summed E-state index contributed by atoms with van der Waals surface area (Å²) in [5.41, 5.74) is 2.64. The van der Waals surface area contributed by atoms with Crippen molar-refractivity contribution in [2.75, 3.05) is 19.0 Å². The Morgan fingerprint density at radius 3 is 2.36 bits per heavy atom. The van der Waals surface area contributed by atoms with Gasteiger partial charge in [-0.05, 0) is 55.7 Å². The Hall–Kier alpha value is -2.96. The van der Waals surface area contributed by atoms with Crippen LogP contribution >= 0.6 is 0 Å². The molecule has 0 unspecified atom stereocenters. The lowest BCUT2D eigenvalue weighted by atomic mass is 10.0. The number of nitrogens with zero attached hydrogens (tertiary/aromatic N) is 2. The van der Waals surface area contributed by atoms with Gasteiger partial charge in [-0.15, -0.1) is 0 Å². The fourth-order valence-electron chi connectivity index (χ4n) is 3.46. The molecule has 0 saturated heterocycles. The fraction of sp³-hybridized carbons (Fsp3) is 0.286. The van der Waals surface area contributed by atoms with Crippen LogP contribution in [0.3, 0.4) is 0 Å². The molecular formula is C21H20F3N3O. The van der Waals surface area contributed by atoms with E-state index in [1.165, 1.54) is 12.1 Å². The largest absolute Gasteiger partial charge is 0.497 e. The Morgan fingerprint density at radius 2 is 1.71 bits per heavy atom. The molecule has 0 bridgehead atoms. The first-order valence-electron chi connectivity index (χ1n) is 9.15. The minimum Gasteiger partial charge on any atom is -0.497 e. The Bertz CT molecular complexity index is 960. The maximum atomic E-state index is 12.9. The fourth-order valence-corrected chi connectivity index (χ4v) is 3.46. The molecule has 146 valence electrons. The van der Waals surface area contributed by atoms with Gasteiger partial charge < -0.3 is 10.1 Å². The van der Waals surface area contributed by atoms with E-state index in [4.69, 9.17) is 9.84 Å². The van der Waals surface area contributed by atoms with E-state index < -0.39 is 11.7 Å². The number of methoxy groups -OCH3 is 1. The van der Waals surface area contributed by atoms with E-state index in [9.17, 15) is 13.2 Å². The summed E-state index contributed by atoms with van der Waals surface area (Å²) in [5, 5.41) is 8.19. The van der Waals surface area contributed by atoms with Crippen LogP contribution in [0.25, 0.3) is 16.9 Å². The smallest absolute Gasteiger partial charge is 0.416 e. The van der Waals surface area contributed by atoms with Crippen molar-refractivity contribution < 1.29 is 17.9 Å². The lowest BCUT2D eigenvalue weighted by Crippen LogP contribution is -2.07. The molecule has 0 spiro atoms. The number of aromatic nitrogens is 2. The number of nitrogens with one attached hydrogen (secondary N) is 1. The van der Waals surface area contributed by atoms with Crippen LogP contribution < -0.4 is 10.1 Å². The van der Waals surface area contributed by atoms with Gasteiger partial charge in [-0.25, -0.2) is 4.68 Å². The molecule has 1 aromatic heterocycles. The third-order valence-electron chi connectivity index (χ3n) is 4.93. The molecule has 0 amide bonds. The second-order valence-corrected chi connectivity index (χ2v) is 6.74. The van der Waals surface area contributed by atoms with E-state index in [0.29, 0.717) is 11.3 Å². The van der Waals surface area contributed by atoms with E-state index in [1.54, 1.807) is 7.11 Å². The second-order valence-electron chi connectivity index (χ2n) is 6.74. The summed E-state index contributed by atoms with van der Waals surface area (Å²) >= 11 is 0. The highest BCUT2D eigenvalue weighted by Crippen LogP contribution is 2.36. The van der Waals surface area contributed by atoms with Gasteiger partial charge in [0.1, 0.15) is 11.6 Å². The Kier molecular flexibility index (Phi) is 4.75. The van der Waals surface area contributed by atoms with Gasteiger partial charge in [0, 0.05) is 17.7 Å². The minimum atomic E-state index is -4.35. The lowest BCUT2D eigenvalue weighted by Gasteiger charge is -2.09. The summed E-state index contributed by atoms with van der Waals surface area (Å²) in [6.07, 6.45) is -1.49. The normalized spacial score (nSPS) is 14.1. The van der Waals surface area contributed by atoms with Crippen molar-refractivity contribution in [3.8, 4) is 22.7 Å². The van der Waals surface area contributed by atoms with E-state index in [0.717, 1.165) is 60.8 Å². The van der Waals surface area contributed by atoms with Crippen molar-refractivity contribution in [1.29, 1.82) is 0 Å². The number of benzene rings is 2. The highest BCUT2D eigenvalue weighted by Gasteiger charge is 2.30. The van der Waals surface area contributed by atoms with Crippen molar-refractivity contribution in [2.24, 2.45) is 0 Å². The van der Waals surface area contributed by atoms with Crippen LogP contribution in [0.5, 0.6) is 5.75 Å². The van der Waals surface area contributed by atoms with Crippen molar-refractivity contribution in [3.05, 3.63) is 59.7 Å². The third kappa shape index (κ3) is 3.44. The molecule has 2 heterocycles. The van der Waals surface area contributed by atoms with Crippen molar-refractivity contribution in [1.82, 2.24) is 9.78 Å². The number of ether oxygens (including phenoxy) is 1. The molecule has 1 aliphatic heterocycles. The first-order valence-corrected chi connectivity index (χ1v) is 9.15. The van der Waals surface area contributed by atoms with Gasteiger partial charge in [-0.1, -0.05) is 12.1 Å². The molecule has 7 heteroatoms. The molecule has 28 heavy (non-hydrogen) atoms. The quantitative estimate of drug-likeness (QED) is 0.662.